The maximum Gasteiger partial charge on any atom is 0.416 e. The normalized spacial score (nSPS) is 12.9. The second-order valence-electron chi connectivity index (χ2n) is 4.80. The Bertz CT molecular complexity index is 403. The number of anilines is 1. The van der Waals surface area contributed by atoms with Crippen molar-refractivity contribution in [3.05, 3.63) is 22.9 Å². The van der Waals surface area contributed by atoms with Gasteiger partial charge < -0.3 is 5.73 Å². The van der Waals surface area contributed by atoms with Gasteiger partial charge in [-0.05, 0) is 24.0 Å². The highest BCUT2D eigenvalue weighted by Gasteiger charge is 2.38. The predicted octanol–water partition coefficient (Wildman–Crippen LogP) is 3.29. The van der Waals surface area contributed by atoms with E-state index >= 15 is 0 Å². The molecule has 5 heteroatoms. The molecule has 0 aliphatic rings. The topological polar surface area (TPSA) is 38.9 Å². The quantitative estimate of drug-likeness (QED) is 0.745. The lowest BCUT2D eigenvalue weighted by atomic mass is 9.82. The Hall–Kier alpha value is -1.26. The van der Waals surface area contributed by atoms with Crippen molar-refractivity contribution in [2.45, 2.75) is 39.3 Å². The van der Waals surface area contributed by atoms with Crippen molar-refractivity contribution in [2.75, 3.05) is 5.73 Å². The van der Waals surface area contributed by atoms with E-state index < -0.39 is 17.2 Å². The van der Waals surface area contributed by atoms with Crippen LogP contribution in [0.2, 0.25) is 0 Å². The lowest BCUT2D eigenvalue weighted by molar-refractivity contribution is -0.138. The number of alkyl halides is 3. The number of nitrogens with two attached hydrogens (primary N) is 1. The largest absolute Gasteiger partial charge is 0.416 e. The van der Waals surface area contributed by atoms with Gasteiger partial charge in [0.05, 0.1) is 5.56 Å². The van der Waals surface area contributed by atoms with Crippen molar-refractivity contribution in [2.24, 2.45) is 0 Å². The van der Waals surface area contributed by atoms with Crippen molar-refractivity contribution in [3.63, 3.8) is 0 Å². The molecule has 0 atom stereocenters. The fourth-order valence-corrected chi connectivity index (χ4v) is 1.87. The molecule has 0 unspecified atom stereocenters. The summed E-state index contributed by atoms with van der Waals surface area (Å²) in [7, 11) is 0. The summed E-state index contributed by atoms with van der Waals surface area (Å²) in [6, 6.07) is 0.896. The van der Waals surface area contributed by atoms with Gasteiger partial charge in [-0.1, -0.05) is 20.8 Å². The minimum absolute atomic E-state index is 0.0992. The van der Waals surface area contributed by atoms with Gasteiger partial charge in [-0.25, -0.2) is 4.98 Å². The molecule has 2 nitrogen and oxygen atoms in total. The van der Waals surface area contributed by atoms with Gasteiger partial charge in [0.15, 0.2) is 0 Å². The minimum Gasteiger partial charge on any atom is -0.384 e. The lowest BCUT2D eigenvalue weighted by Gasteiger charge is -2.26. The summed E-state index contributed by atoms with van der Waals surface area (Å²) >= 11 is 0. The van der Waals surface area contributed by atoms with Crippen LogP contribution < -0.4 is 5.73 Å². The van der Waals surface area contributed by atoms with E-state index in [0.29, 0.717) is 5.69 Å². The van der Waals surface area contributed by atoms with Gasteiger partial charge in [-0.3, -0.25) is 0 Å². The Morgan fingerprint density at radius 1 is 1.19 bits per heavy atom. The first kappa shape index (κ1) is 12.8. The van der Waals surface area contributed by atoms with Crippen LogP contribution in [0.3, 0.4) is 0 Å². The van der Waals surface area contributed by atoms with Crippen molar-refractivity contribution < 1.29 is 13.2 Å². The van der Waals surface area contributed by atoms with E-state index in [0.717, 1.165) is 6.07 Å². The molecule has 0 aliphatic heterocycles. The van der Waals surface area contributed by atoms with Crippen LogP contribution in [0.15, 0.2) is 6.07 Å². The SMILES string of the molecule is Cc1nc(N)cc(C(F)(F)F)c1C(C)(C)C. The highest BCUT2D eigenvalue weighted by Crippen LogP contribution is 2.39. The van der Waals surface area contributed by atoms with Crippen molar-refractivity contribution >= 4 is 5.82 Å². The number of aryl methyl sites for hydroxylation is 1. The Morgan fingerprint density at radius 2 is 1.69 bits per heavy atom. The molecule has 1 aromatic heterocycles. The standard InChI is InChI=1S/C11H15F3N2/c1-6-9(10(2,3)4)7(11(12,13)14)5-8(15)16-6/h5H,1-4H3,(H2,15,16). The van der Waals surface area contributed by atoms with E-state index in [4.69, 9.17) is 5.73 Å². The first-order chi connectivity index (χ1) is 7.03. The highest BCUT2D eigenvalue weighted by molar-refractivity contribution is 5.45. The third-order valence-electron chi connectivity index (χ3n) is 2.28. The van der Waals surface area contributed by atoms with Gasteiger partial charge in [0.1, 0.15) is 5.82 Å². The Labute approximate surface area is 92.7 Å². The van der Waals surface area contributed by atoms with Crippen molar-refractivity contribution in [1.82, 2.24) is 4.98 Å². The molecule has 1 aromatic rings. The molecule has 16 heavy (non-hydrogen) atoms. The molecule has 90 valence electrons. The molecule has 0 bridgehead atoms. The number of hydrogen-bond acceptors (Lipinski definition) is 2. The summed E-state index contributed by atoms with van der Waals surface area (Å²) in [5.74, 6) is -0.0992. The molecule has 0 saturated heterocycles. The summed E-state index contributed by atoms with van der Waals surface area (Å²) in [6.07, 6.45) is -4.40. The Kier molecular flexibility index (Phi) is 2.92. The highest BCUT2D eigenvalue weighted by atomic mass is 19.4. The van der Waals surface area contributed by atoms with E-state index in [-0.39, 0.29) is 11.4 Å². The third kappa shape index (κ3) is 2.46. The first-order valence-electron chi connectivity index (χ1n) is 4.88. The summed E-state index contributed by atoms with van der Waals surface area (Å²) in [5.41, 5.74) is 4.59. The van der Waals surface area contributed by atoms with Crippen LogP contribution in [0.1, 0.15) is 37.6 Å². The molecule has 0 fully saturated rings. The van der Waals surface area contributed by atoms with Crippen molar-refractivity contribution in [3.8, 4) is 0 Å². The van der Waals surface area contributed by atoms with E-state index in [1.165, 1.54) is 0 Å². The van der Waals surface area contributed by atoms with Crippen LogP contribution in [0.4, 0.5) is 19.0 Å². The number of hydrogen-bond donors (Lipinski definition) is 1. The predicted molar refractivity (Wildman–Crippen MR) is 57.1 cm³/mol. The molecule has 0 radical (unpaired) electrons. The molecule has 0 aliphatic carbocycles. The molecular formula is C11H15F3N2. The number of nitrogen functional groups attached to an aromatic ring is 1. The monoisotopic (exact) mass is 232 g/mol. The molecule has 1 heterocycles. The summed E-state index contributed by atoms with van der Waals surface area (Å²) < 4.78 is 38.6. The maximum absolute atomic E-state index is 12.9. The molecular weight excluding hydrogens is 217 g/mol. The molecule has 0 saturated carbocycles. The Balaban J connectivity index is 3.58. The van der Waals surface area contributed by atoms with Crippen LogP contribution in [0.25, 0.3) is 0 Å². The molecule has 2 N–H and O–H groups in total. The number of rotatable bonds is 0. The smallest absolute Gasteiger partial charge is 0.384 e. The molecule has 0 amide bonds. The van der Waals surface area contributed by atoms with Gasteiger partial charge in [0.2, 0.25) is 0 Å². The van der Waals surface area contributed by atoms with Crippen LogP contribution in [0.5, 0.6) is 0 Å². The lowest BCUT2D eigenvalue weighted by Crippen LogP contribution is -2.22. The van der Waals surface area contributed by atoms with E-state index in [2.05, 4.69) is 4.98 Å². The summed E-state index contributed by atoms with van der Waals surface area (Å²) in [4.78, 5) is 3.89. The number of pyridine rings is 1. The van der Waals surface area contributed by atoms with Gasteiger partial charge in [0.25, 0.3) is 0 Å². The summed E-state index contributed by atoms with van der Waals surface area (Å²) in [6.45, 7) is 6.72. The fourth-order valence-electron chi connectivity index (χ4n) is 1.87. The molecule has 0 aromatic carbocycles. The zero-order valence-corrected chi connectivity index (χ0v) is 9.74. The Morgan fingerprint density at radius 3 is 2.06 bits per heavy atom. The zero-order chi connectivity index (χ0) is 12.7. The van der Waals surface area contributed by atoms with Gasteiger partial charge in [-0.15, -0.1) is 0 Å². The van der Waals surface area contributed by atoms with Crippen LogP contribution >= 0.6 is 0 Å². The minimum atomic E-state index is -4.40. The molecule has 0 spiro atoms. The van der Waals surface area contributed by atoms with Gasteiger partial charge in [0, 0.05) is 5.69 Å². The average Bonchev–Trinajstić information content (AvgIpc) is 1.97. The fraction of sp³-hybridized carbons (Fsp3) is 0.545. The van der Waals surface area contributed by atoms with Crippen LogP contribution in [-0.2, 0) is 11.6 Å². The average molecular weight is 232 g/mol. The molecule has 1 rings (SSSR count). The number of halogens is 3. The van der Waals surface area contributed by atoms with Crippen molar-refractivity contribution in [1.29, 1.82) is 0 Å². The van der Waals surface area contributed by atoms with E-state index in [1.54, 1.807) is 27.7 Å². The first-order valence-corrected chi connectivity index (χ1v) is 4.88. The van der Waals surface area contributed by atoms with E-state index in [9.17, 15) is 13.2 Å². The second kappa shape index (κ2) is 3.64. The van der Waals surface area contributed by atoms with E-state index in [1.807, 2.05) is 0 Å². The third-order valence-corrected chi connectivity index (χ3v) is 2.28. The summed E-state index contributed by atoms with van der Waals surface area (Å²) in [5, 5.41) is 0. The number of nitrogens with zero attached hydrogens (tertiary/aromatic N) is 1. The van der Waals surface area contributed by atoms with Crippen LogP contribution in [0, 0.1) is 6.92 Å². The van der Waals surface area contributed by atoms with Crippen LogP contribution in [-0.4, -0.2) is 4.98 Å². The second-order valence-corrected chi connectivity index (χ2v) is 4.80. The van der Waals surface area contributed by atoms with Gasteiger partial charge >= 0.3 is 6.18 Å². The van der Waals surface area contributed by atoms with Gasteiger partial charge in [-0.2, -0.15) is 13.2 Å². The maximum atomic E-state index is 12.9. The zero-order valence-electron chi connectivity index (χ0n) is 9.74. The number of aromatic nitrogens is 1.